The van der Waals surface area contributed by atoms with Gasteiger partial charge in [0.15, 0.2) is 0 Å². The molecular formula is C24H32ClN3O5. The van der Waals surface area contributed by atoms with Gasteiger partial charge in [-0.15, -0.1) is 0 Å². The molecule has 1 fully saturated rings. The fourth-order valence-electron chi connectivity index (χ4n) is 4.39. The molecular weight excluding hydrogens is 446 g/mol. The van der Waals surface area contributed by atoms with Crippen molar-refractivity contribution in [2.75, 3.05) is 39.4 Å². The van der Waals surface area contributed by atoms with Crippen LogP contribution in [0, 0.1) is 5.92 Å². The van der Waals surface area contributed by atoms with Gasteiger partial charge in [-0.1, -0.05) is 23.7 Å². The topological polar surface area (TPSA) is 88.2 Å². The van der Waals surface area contributed by atoms with Gasteiger partial charge in [-0.25, -0.2) is 9.59 Å². The number of likely N-dealkylation sites (tertiary alicyclic amines) is 1. The van der Waals surface area contributed by atoms with Crippen LogP contribution in [0.25, 0.3) is 0 Å². The lowest BCUT2D eigenvalue weighted by molar-refractivity contribution is -0.149. The van der Waals surface area contributed by atoms with Gasteiger partial charge in [0, 0.05) is 23.8 Å². The minimum Gasteiger partial charge on any atom is -0.466 e. The first-order valence-corrected chi connectivity index (χ1v) is 11.9. The monoisotopic (exact) mass is 477 g/mol. The predicted octanol–water partition coefficient (Wildman–Crippen LogP) is 3.52. The Kier molecular flexibility index (Phi) is 8.74. The molecule has 0 spiro atoms. The Morgan fingerprint density at radius 1 is 1.12 bits per heavy atom. The van der Waals surface area contributed by atoms with Crippen LogP contribution in [-0.2, 0) is 19.1 Å². The maximum Gasteiger partial charge on any atom is 0.338 e. The molecule has 1 atom stereocenters. The first kappa shape index (κ1) is 25.1. The van der Waals surface area contributed by atoms with Crippen molar-refractivity contribution in [1.29, 1.82) is 0 Å². The van der Waals surface area contributed by atoms with E-state index in [-0.39, 0.29) is 24.5 Å². The van der Waals surface area contributed by atoms with E-state index in [1.54, 1.807) is 36.9 Å². The number of rotatable bonds is 8. The van der Waals surface area contributed by atoms with Crippen LogP contribution >= 0.6 is 11.6 Å². The quantitative estimate of drug-likeness (QED) is 0.576. The second-order valence-corrected chi connectivity index (χ2v) is 8.50. The lowest BCUT2D eigenvalue weighted by Crippen LogP contribution is -2.51. The second kappa shape index (κ2) is 11.5. The van der Waals surface area contributed by atoms with Crippen molar-refractivity contribution in [3.8, 4) is 0 Å². The van der Waals surface area contributed by atoms with Gasteiger partial charge in [0.05, 0.1) is 30.7 Å². The summed E-state index contributed by atoms with van der Waals surface area (Å²) in [6, 6.07) is 6.18. The number of amides is 2. The highest BCUT2D eigenvalue weighted by atomic mass is 35.5. The molecule has 33 heavy (non-hydrogen) atoms. The molecule has 9 heteroatoms. The zero-order valence-corrected chi connectivity index (χ0v) is 20.2. The smallest absolute Gasteiger partial charge is 0.338 e. The molecule has 2 aliphatic rings. The van der Waals surface area contributed by atoms with E-state index in [4.69, 9.17) is 21.1 Å². The Labute approximate surface area is 199 Å². The Morgan fingerprint density at radius 3 is 2.42 bits per heavy atom. The number of esters is 2. The maximum absolute atomic E-state index is 13.1. The summed E-state index contributed by atoms with van der Waals surface area (Å²) >= 11 is 6.20. The summed E-state index contributed by atoms with van der Waals surface area (Å²) in [4.78, 5) is 42.0. The minimum atomic E-state index is -0.662. The summed E-state index contributed by atoms with van der Waals surface area (Å²) in [6.45, 7) is 8.19. The van der Waals surface area contributed by atoms with Gasteiger partial charge in [-0.2, -0.15) is 0 Å². The van der Waals surface area contributed by atoms with Crippen LogP contribution in [0.3, 0.4) is 0 Å². The standard InChI is InChI=1S/C24H32ClN3O5/c1-4-28-19(15-27-12-10-16(11-13-27)22(29)32-5-2)20(23(30)33-6-3)21(26-24(28)31)17-8-7-9-18(25)14-17/h7-9,14,16,21H,4-6,10-13,15H2,1-3H3,(H,26,31)/t21-/m1/s1. The molecule has 1 saturated heterocycles. The van der Waals surface area contributed by atoms with Crippen LogP contribution in [-0.4, -0.2) is 67.2 Å². The molecule has 0 aliphatic carbocycles. The molecule has 0 saturated carbocycles. The molecule has 2 heterocycles. The van der Waals surface area contributed by atoms with Crippen molar-refractivity contribution in [2.45, 2.75) is 39.7 Å². The van der Waals surface area contributed by atoms with Gasteiger partial charge in [-0.05, 0) is 64.4 Å². The van der Waals surface area contributed by atoms with Crippen LogP contribution in [0.1, 0.15) is 45.2 Å². The molecule has 0 bridgehead atoms. The zero-order valence-electron chi connectivity index (χ0n) is 19.4. The first-order chi connectivity index (χ1) is 15.9. The number of ether oxygens (including phenoxy) is 2. The SMILES string of the molecule is CCOC(=O)C1=C(CN2CCC(C(=O)OCC)CC2)N(CC)C(=O)N[C@@H]1c1cccc(Cl)c1. The highest BCUT2D eigenvalue weighted by Gasteiger charge is 2.39. The van der Waals surface area contributed by atoms with E-state index in [1.165, 1.54) is 0 Å². The average molecular weight is 478 g/mol. The van der Waals surface area contributed by atoms with Crippen LogP contribution in [0.4, 0.5) is 4.79 Å². The number of likely N-dealkylation sites (N-methyl/N-ethyl adjacent to an activating group) is 1. The number of urea groups is 1. The molecule has 1 aromatic carbocycles. The number of hydrogen-bond acceptors (Lipinski definition) is 6. The van der Waals surface area contributed by atoms with Crippen molar-refractivity contribution in [2.24, 2.45) is 5.92 Å². The molecule has 180 valence electrons. The van der Waals surface area contributed by atoms with Crippen LogP contribution in [0.15, 0.2) is 35.5 Å². The molecule has 8 nitrogen and oxygen atoms in total. The molecule has 0 radical (unpaired) electrons. The van der Waals surface area contributed by atoms with Gasteiger partial charge in [0.2, 0.25) is 0 Å². The van der Waals surface area contributed by atoms with Crippen molar-refractivity contribution in [1.82, 2.24) is 15.1 Å². The molecule has 0 unspecified atom stereocenters. The lowest BCUT2D eigenvalue weighted by atomic mass is 9.93. The second-order valence-electron chi connectivity index (χ2n) is 8.07. The Morgan fingerprint density at radius 2 is 1.82 bits per heavy atom. The number of halogens is 1. The van der Waals surface area contributed by atoms with Crippen LogP contribution < -0.4 is 5.32 Å². The van der Waals surface area contributed by atoms with E-state index in [0.717, 1.165) is 0 Å². The number of nitrogens with one attached hydrogen (secondary N) is 1. The number of carbonyl (C=O) groups is 3. The van der Waals surface area contributed by atoms with E-state index in [2.05, 4.69) is 10.2 Å². The van der Waals surface area contributed by atoms with E-state index < -0.39 is 12.0 Å². The fourth-order valence-corrected chi connectivity index (χ4v) is 4.59. The summed E-state index contributed by atoms with van der Waals surface area (Å²) in [5.41, 5.74) is 1.75. The van der Waals surface area contributed by atoms with Crippen molar-refractivity contribution in [3.63, 3.8) is 0 Å². The van der Waals surface area contributed by atoms with E-state index >= 15 is 0 Å². The molecule has 0 aromatic heterocycles. The summed E-state index contributed by atoms with van der Waals surface area (Å²) in [5, 5.41) is 3.46. The van der Waals surface area contributed by atoms with E-state index in [1.807, 2.05) is 13.0 Å². The number of benzene rings is 1. The molecule has 2 amide bonds. The van der Waals surface area contributed by atoms with Crippen molar-refractivity contribution < 1.29 is 23.9 Å². The summed E-state index contributed by atoms with van der Waals surface area (Å²) < 4.78 is 10.6. The van der Waals surface area contributed by atoms with Crippen molar-refractivity contribution in [3.05, 3.63) is 46.1 Å². The van der Waals surface area contributed by atoms with Crippen LogP contribution in [0.2, 0.25) is 5.02 Å². The van der Waals surface area contributed by atoms with Crippen LogP contribution in [0.5, 0.6) is 0 Å². The van der Waals surface area contributed by atoms with Crippen molar-refractivity contribution >= 4 is 29.6 Å². The highest BCUT2D eigenvalue weighted by Crippen LogP contribution is 2.33. The molecule has 1 N–H and O–H groups in total. The lowest BCUT2D eigenvalue weighted by Gasteiger charge is -2.39. The van der Waals surface area contributed by atoms with E-state index in [9.17, 15) is 14.4 Å². The number of carbonyl (C=O) groups excluding carboxylic acids is 3. The van der Waals surface area contributed by atoms with Gasteiger partial charge in [0.1, 0.15) is 0 Å². The number of piperidine rings is 1. The molecule has 1 aromatic rings. The Hall–Kier alpha value is -2.58. The number of hydrogen-bond donors (Lipinski definition) is 1. The van der Waals surface area contributed by atoms with Gasteiger partial charge in [0.25, 0.3) is 0 Å². The summed E-state index contributed by atoms with van der Waals surface area (Å²) in [6.07, 6.45) is 1.35. The third-order valence-electron chi connectivity index (χ3n) is 6.01. The Bertz CT molecular complexity index is 911. The average Bonchev–Trinajstić information content (AvgIpc) is 2.79. The third-order valence-corrected chi connectivity index (χ3v) is 6.25. The summed E-state index contributed by atoms with van der Waals surface area (Å²) in [7, 11) is 0. The van der Waals surface area contributed by atoms with Gasteiger partial charge in [-0.3, -0.25) is 14.6 Å². The fraction of sp³-hybridized carbons (Fsp3) is 0.542. The Balaban J connectivity index is 1.93. The first-order valence-electron chi connectivity index (χ1n) is 11.5. The normalized spacial score (nSPS) is 19.9. The zero-order chi connectivity index (χ0) is 24.0. The predicted molar refractivity (Wildman–Crippen MR) is 125 cm³/mol. The van der Waals surface area contributed by atoms with E-state index in [0.29, 0.717) is 67.5 Å². The van der Waals surface area contributed by atoms with Gasteiger partial charge >= 0.3 is 18.0 Å². The van der Waals surface area contributed by atoms with Gasteiger partial charge < -0.3 is 14.8 Å². The summed E-state index contributed by atoms with van der Waals surface area (Å²) in [5.74, 6) is -0.731. The minimum absolute atomic E-state index is 0.115. The number of nitrogens with zero attached hydrogens (tertiary/aromatic N) is 2. The third kappa shape index (κ3) is 5.86. The highest BCUT2D eigenvalue weighted by molar-refractivity contribution is 6.30. The molecule has 2 aliphatic heterocycles. The maximum atomic E-state index is 13.1. The molecule has 3 rings (SSSR count). The largest absolute Gasteiger partial charge is 0.466 e.